The van der Waals surface area contributed by atoms with Crippen LogP contribution < -0.4 is 5.32 Å². The molecule has 0 spiro atoms. The van der Waals surface area contributed by atoms with Crippen molar-refractivity contribution in [2.24, 2.45) is 0 Å². The van der Waals surface area contributed by atoms with Crippen LogP contribution in [0.25, 0.3) is 11.3 Å². The largest absolute Gasteiger partial charge is 0.314 e. The number of hydrogen-bond acceptors (Lipinski definition) is 4. The SMILES string of the molecule is Clc1ccc(Cl)c(-c2csc(CN3CCNCC3)n2)c1. The van der Waals surface area contributed by atoms with Gasteiger partial charge in [-0.15, -0.1) is 11.3 Å². The second kappa shape index (κ2) is 6.41. The fraction of sp³-hybridized carbons (Fsp3) is 0.357. The predicted octanol–water partition coefficient (Wildman–Crippen LogP) is 3.52. The van der Waals surface area contributed by atoms with Crippen molar-refractivity contribution in [2.45, 2.75) is 6.54 Å². The van der Waals surface area contributed by atoms with Gasteiger partial charge in [0.1, 0.15) is 5.01 Å². The molecule has 1 saturated heterocycles. The molecule has 1 aliphatic rings. The first kappa shape index (κ1) is 14.3. The van der Waals surface area contributed by atoms with Gasteiger partial charge in [-0.2, -0.15) is 0 Å². The Labute approximate surface area is 132 Å². The van der Waals surface area contributed by atoms with Gasteiger partial charge in [-0.25, -0.2) is 4.98 Å². The summed E-state index contributed by atoms with van der Waals surface area (Å²) in [5.74, 6) is 0. The predicted molar refractivity (Wildman–Crippen MR) is 85.7 cm³/mol. The molecule has 6 heteroatoms. The lowest BCUT2D eigenvalue weighted by atomic mass is 10.2. The Balaban J connectivity index is 1.77. The third kappa shape index (κ3) is 3.32. The van der Waals surface area contributed by atoms with Crippen LogP contribution in [0.2, 0.25) is 10.0 Å². The van der Waals surface area contributed by atoms with Gasteiger partial charge in [-0.1, -0.05) is 23.2 Å². The summed E-state index contributed by atoms with van der Waals surface area (Å²) in [7, 11) is 0. The van der Waals surface area contributed by atoms with E-state index < -0.39 is 0 Å². The number of rotatable bonds is 3. The highest BCUT2D eigenvalue weighted by molar-refractivity contribution is 7.09. The van der Waals surface area contributed by atoms with Gasteiger partial charge in [-0.3, -0.25) is 4.90 Å². The third-order valence-corrected chi connectivity index (χ3v) is 4.72. The average molecular weight is 328 g/mol. The lowest BCUT2D eigenvalue weighted by molar-refractivity contribution is 0.233. The van der Waals surface area contributed by atoms with E-state index in [-0.39, 0.29) is 0 Å². The number of thiazole rings is 1. The Morgan fingerprint density at radius 1 is 1.25 bits per heavy atom. The molecular weight excluding hydrogens is 313 g/mol. The van der Waals surface area contributed by atoms with Crippen molar-refractivity contribution in [1.82, 2.24) is 15.2 Å². The van der Waals surface area contributed by atoms with Crippen molar-refractivity contribution in [1.29, 1.82) is 0 Å². The molecule has 1 aliphatic heterocycles. The Bertz CT molecular complexity index is 594. The molecule has 1 aromatic heterocycles. The summed E-state index contributed by atoms with van der Waals surface area (Å²) >= 11 is 13.9. The highest BCUT2D eigenvalue weighted by Crippen LogP contribution is 2.31. The number of nitrogens with zero attached hydrogens (tertiary/aromatic N) is 2. The van der Waals surface area contributed by atoms with E-state index in [0.717, 1.165) is 49.0 Å². The summed E-state index contributed by atoms with van der Waals surface area (Å²) in [5.41, 5.74) is 1.81. The molecule has 0 unspecified atom stereocenters. The average Bonchev–Trinajstić information content (AvgIpc) is 2.91. The van der Waals surface area contributed by atoms with Crippen LogP contribution in [0.4, 0.5) is 0 Å². The zero-order valence-corrected chi connectivity index (χ0v) is 13.2. The highest BCUT2D eigenvalue weighted by Gasteiger charge is 2.13. The van der Waals surface area contributed by atoms with Gasteiger partial charge in [0.2, 0.25) is 0 Å². The van der Waals surface area contributed by atoms with Crippen LogP contribution in [0.15, 0.2) is 23.6 Å². The van der Waals surface area contributed by atoms with E-state index in [1.807, 2.05) is 12.1 Å². The van der Waals surface area contributed by atoms with E-state index in [4.69, 9.17) is 23.2 Å². The molecule has 2 heterocycles. The van der Waals surface area contributed by atoms with Crippen LogP contribution >= 0.6 is 34.5 Å². The van der Waals surface area contributed by atoms with E-state index in [9.17, 15) is 0 Å². The zero-order chi connectivity index (χ0) is 13.9. The number of piperazine rings is 1. The number of nitrogens with one attached hydrogen (secondary N) is 1. The highest BCUT2D eigenvalue weighted by atomic mass is 35.5. The van der Waals surface area contributed by atoms with Crippen LogP contribution in [0.1, 0.15) is 5.01 Å². The molecule has 0 atom stereocenters. The standard InChI is InChI=1S/C14H15Cl2N3S/c15-10-1-2-12(16)11(7-10)13-9-20-14(18-13)8-19-5-3-17-4-6-19/h1-2,7,9,17H,3-6,8H2. The Morgan fingerprint density at radius 2 is 2.05 bits per heavy atom. The van der Waals surface area contributed by atoms with E-state index in [1.165, 1.54) is 0 Å². The molecule has 1 aromatic carbocycles. The van der Waals surface area contributed by atoms with Gasteiger partial charge < -0.3 is 5.32 Å². The maximum absolute atomic E-state index is 6.22. The molecule has 0 amide bonds. The minimum absolute atomic E-state index is 0.682. The van der Waals surface area contributed by atoms with Gasteiger partial charge >= 0.3 is 0 Å². The maximum Gasteiger partial charge on any atom is 0.107 e. The number of aromatic nitrogens is 1. The first-order valence-electron chi connectivity index (χ1n) is 6.55. The second-order valence-corrected chi connectivity index (χ2v) is 6.56. The monoisotopic (exact) mass is 327 g/mol. The van der Waals surface area contributed by atoms with Gasteiger partial charge in [-0.05, 0) is 18.2 Å². The van der Waals surface area contributed by atoms with E-state index in [0.29, 0.717) is 10.0 Å². The molecule has 0 radical (unpaired) electrons. The summed E-state index contributed by atoms with van der Waals surface area (Å²) in [6.45, 7) is 5.17. The van der Waals surface area contributed by atoms with Gasteiger partial charge in [0.05, 0.1) is 17.3 Å². The van der Waals surface area contributed by atoms with Crippen molar-refractivity contribution >= 4 is 34.5 Å². The molecule has 0 bridgehead atoms. The Morgan fingerprint density at radius 3 is 2.85 bits per heavy atom. The van der Waals surface area contributed by atoms with Crippen LogP contribution in [-0.4, -0.2) is 36.1 Å². The summed E-state index contributed by atoms with van der Waals surface area (Å²) in [6, 6.07) is 5.48. The van der Waals surface area contributed by atoms with Gasteiger partial charge in [0.25, 0.3) is 0 Å². The van der Waals surface area contributed by atoms with Crippen molar-refractivity contribution in [2.75, 3.05) is 26.2 Å². The fourth-order valence-electron chi connectivity index (χ4n) is 2.26. The number of hydrogen-bond donors (Lipinski definition) is 1. The maximum atomic E-state index is 6.22. The summed E-state index contributed by atoms with van der Waals surface area (Å²) in [5, 5.41) is 7.90. The van der Waals surface area contributed by atoms with Gasteiger partial charge in [0.15, 0.2) is 0 Å². The minimum Gasteiger partial charge on any atom is -0.314 e. The van der Waals surface area contributed by atoms with Crippen LogP contribution in [0.5, 0.6) is 0 Å². The molecule has 2 aromatic rings. The molecule has 3 rings (SSSR count). The second-order valence-electron chi connectivity index (χ2n) is 4.78. The molecular formula is C14H15Cl2N3S. The van der Waals surface area contributed by atoms with Crippen molar-refractivity contribution in [3.05, 3.63) is 38.6 Å². The summed E-state index contributed by atoms with van der Waals surface area (Å²) in [6.07, 6.45) is 0. The first-order chi connectivity index (χ1) is 9.72. The molecule has 0 saturated carbocycles. The fourth-order valence-corrected chi connectivity index (χ4v) is 3.48. The summed E-state index contributed by atoms with van der Waals surface area (Å²) in [4.78, 5) is 7.11. The van der Waals surface area contributed by atoms with Crippen LogP contribution in [-0.2, 0) is 6.54 Å². The van der Waals surface area contributed by atoms with Crippen molar-refractivity contribution in [3.8, 4) is 11.3 Å². The van der Waals surface area contributed by atoms with Crippen LogP contribution in [0.3, 0.4) is 0 Å². The lowest BCUT2D eigenvalue weighted by Crippen LogP contribution is -2.42. The molecule has 0 aliphatic carbocycles. The zero-order valence-electron chi connectivity index (χ0n) is 10.9. The molecule has 20 heavy (non-hydrogen) atoms. The minimum atomic E-state index is 0.682. The van der Waals surface area contributed by atoms with Gasteiger partial charge in [0, 0.05) is 42.1 Å². The van der Waals surface area contributed by atoms with E-state index in [1.54, 1.807) is 17.4 Å². The lowest BCUT2D eigenvalue weighted by Gasteiger charge is -2.26. The van der Waals surface area contributed by atoms with Crippen LogP contribution in [0, 0.1) is 0 Å². The first-order valence-corrected chi connectivity index (χ1v) is 8.19. The smallest absolute Gasteiger partial charge is 0.107 e. The quantitative estimate of drug-likeness (QED) is 0.934. The van der Waals surface area contributed by atoms with E-state index >= 15 is 0 Å². The van der Waals surface area contributed by atoms with E-state index in [2.05, 4.69) is 20.6 Å². The number of benzene rings is 1. The topological polar surface area (TPSA) is 28.2 Å². The molecule has 1 fully saturated rings. The normalized spacial score (nSPS) is 16.5. The molecule has 1 N–H and O–H groups in total. The van der Waals surface area contributed by atoms with Crippen molar-refractivity contribution < 1.29 is 0 Å². The third-order valence-electron chi connectivity index (χ3n) is 3.32. The Kier molecular flexibility index (Phi) is 4.58. The number of halogens is 2. The van der Waals surface area contributed by atoms with Crippen molar-refractivity contribution in [3.63, 3.8) is 0 Å². The Hall–Kier alpha value is -0.650. The molecule has 106 valence electrons. The summed E-state index contributed by atoms with van der Waals surface area (Å²) < 4.78 is 0. The molecule has 3 nitrogen and oxygen atoms in total.